The third-order valence-electron chi connectivity index (χ3n) is 3.62. The lowest BCUT2D eigenvalue weighted by molar-refractivity contribution is 0.215. The Morgan fingerprint density at radius 1 is 0.303 bits per heavy atom. The van der Waals surface area contributed by atoms with Gasteiger partial charge in [-0.25, -0.2) is 0 Å². The van der Waals surface area contributed by atoms with E-state index in [0.29, 0.717) is 0 Å². The topological polar surface area (TPSA) is 60.7 Å². The number of rotatable bonds is 12. The van der Waals surface area contributed by atoms with Crippen LogP contribution >= 0.6 is 0 Å². The molecule has 0 aliphatic rings. The Morgan fingerprint density at radius 3 is 0.455 bits per heavy atom. The maximum atomic E-state index is 8.06. The molecule has 0 saturated carbocycles. The van der Waals surface area contributed by atoms with Crippen LogP contribution < -0.4 is 0 Å². The van der Waals surface area contributed by atoms with Crippen molar-refractivity contribution >= 4 is 0 Å². The Morgan fingerprint density at radius 2 is 0.394 bits per heavy atom. The molecule has 3 nitrogen and oxygen atoms in total. The molecule has 0 aromatic heterocycles. The monoisotopic (exact) mass is 481 g/mol. The second kappa shape index (κ2) is 53.3. The zero-order valence-electron chi connectivity index (χ0n) is 25.7. The zero-order chi connectivity index (χ0) is 27.3. The molecule has 0 fully saturated rings. The molecule has 0 aliphatic carbocycles. The fourth-order valence-electron chi connectivity index (χ4n) is 2.03. The summed E-state index contributed by atoms with van der Waals surface area (Å²) in [5.74, 6) is 0. The summed E-state index contributed by atoms with van der Waals surface area (Å²) in [4.78, 5) is 0. The van der Waals surface area contributed by atoms with Crippen LogP contribution in [0.3, 0.4) is 0 Å². The standard InChI is InChI=1S/3C7H16.3C3H8O/c3*1-3-5-7-6-4-2;3*1-3(2)4/h3*3-7H2,1-2H3;3*3-4H,1-2H3. The third-order valence-corrected chi connectivity index (χ3v) is 3.62. The molecule has 0 radical (unpaired) electrons. The number of aliphatic hydroxyl groups is 3. The first-order valence-corrected chi connectivity index (χ1v) is 14.5. The van der Waals surface area contributed by atoms with E-state index in [2.05, 4.69) is 41.5 Å². The molecule has 0 atom stereocenters. The average Bonchev–Trinajstić information content (AvgIpc) is 2.69. The quantitative estimate of drug-likeness (QED) is 0.243. The molecule has 0 heterocycles. The van der Waals surface area contributed by atoms with Gasteiger partial charge in [0.25, 0.3) is 0 Å². The van der Waals surface area contributed by atoms with Gasteiger partial charge in [-0.15, -0.1) is 0 Å². The molecule has 0 aliphatic heterocycles. The van der Waals surface area contributed by atoms with E-state index in [1.807, 2.05) is 0 Å². The van der Waals surface area contributed by atoms with Gasteiger partial charge >= 0.3 is 0 Å². The van der Waals surface area contributed by atoms with E-state index in [9.17, 15) is 0 Å². The van der Waals surface area contributed by atoms with Crippen molar-refractivity contribution in [2.45, 2.75) is 198 Å². The predicted molar refractivity (Wildman–Crippen MR) is 155 cm³/mol. The van der Waals surface area contributed by atoms with Crippen LogP contribution in [0, 0.1) is 0 Å². The second-order valence-electron chi connectivity index (χ2n) is 9.46. The largest absolute Gasteiger partial charge is 0.394 e. The van der Waals surface area contributed by atoms with Crippen molar-refractivity contribution in [2.75, 3.05) is 0 Å². The van der Waals surface area contributed by atoms with Crippen LogP contribution in [0.15, 0.2) is 0 Å². The number of hydrogen-bond acceptors (Lipinski definition) is 3. The Hall–Kier alpha value is -0.120. The molecule has 210 valence electrons. The molecule has 0 bridgehead atoms. The summed E-state index contributed by atoms with van der Waals surface area (Å²) in [6, 6.07) is 0. The highest BCUT2D eigenvalue weighted by Gasteiger charge is 1.81. The second-order valence-corrected chi connectivity index (χ2v) is 9.46. The van der Waals surface area contributed by atoms with Crippen LogP contribution in [-0.2, 0) is 0 Å². The number of aliphatic hydroxyl groups excluding tert-OH is 3. The minimum atomic E-state index is -0.167. The SMILES string of the molecule is CC(C)O.CC(C)O.CC(C)O.CCCCCCC.CCCCCCC.CCCCCCC. The van der Waals surface area contributed by atoms with Gasteiger partial charge in [-0.05, 0) is 41.5 Å². The lowest BCUT2D eigenvalue weighted by Gasteiger charge is -1.90. The third kappa shape index (κ3) is 202. The van der Waals surface area contributed by atoms with E-state index in [1.54, 1.807) is 41.5 Å². The Bertz CT molecular complexity index is 170. The van der Waals surface area contributed by atoms with Gasteiger partial charge in [-0.1, -0.05) is 138 Å². The molecule has 33 heavy (non-hydrogen) atoms. The number of hydrogen-bond donors (Lipinski definition) is 3. The van der Waals surface area contributed by atoms with Crippen molar-refractivity contribution in [3.63, 3.8) is 0 Å². The van der Waals surface area contributed by atoms with Crippen molar-refractivity contribution in [3.8, 4) is 0 Å². The van der Waals surface area contributed by atoms with E-state index < -0.39 is 0 Å². The summed E-state index contributed by atoms with van der Waals surface area (Å²) >= 11 is 0. The Kier molecular flexibility index (Phi) is 74.7. The minimum absolute atomic E-state index is 0.167. The summed E-state index contributed by atoms with van der Waals surface area (Å²) in [6.07, 6.45) is 20.5. The van der Waals surface area contributed by atoms with Gasteiger partial charge in [0.05, 0.1) is 0 Å². The van der Waals surface area contributed by atoms with Gasteiger partial charge in [-0.2, -0.15) is 0 Å². The molecule has 0 saturated heterocycles. The van der Waals surface area contributed by atoms with Crippen molar-refractivity contribution in [3.05, 3.63) is 0 Å². The van der Waals surface area contributed by atoms with Crippen LogP contribution in [0.25, 0.3) is 0 Å². The van der Waals surface area contributed by atoms with E-state index in [0.717, 1.165) is 0 Å². The summed E-state index contributed by atoms with van der Waals surface area (Å²) in [6.45, 7) is 23.8. The fourth-order valence-corrected chi connectivity index (χ4v) is 2.03. The van der Waals surface area contributed by atoms with Crippen LogP contribution in [-0.4, -0.2) is 33.6 Å². The van der Waals surface area contributed by atoms with Gasteiger partial charge in [0.15, 0.2) is 0 Å². The highest BCUT2D eigenvalue weighted by Crippen LogP contribution is 2.01. The first kappa shape index (κ1) is 46.2. The molecule has 0 aromatic carbocycles. The van der Waals surface area contributed by atoms with E-state index in [-0.39, 0.29) is 18.3 Å². The summed E-state index contributed by atoms with van der Waals surface area (Å²) in [5, 5.41) is 24.2. The van der Waals surface area contributed by atoms with E-state index in [1.165, 1.54) is 96.3 Å². The van der Waals surface area contributed by atoms with Crippen LogP contribution in [0.4, 0.5) is 0 Å². The smallest absolute Gasteiger partial charge is 0.0483 e. The predicted octanol–water partition coefficient (Wildman–Crippen LogP) is 10.1. The first-order valence-electron chi connectivity index (χ1n) is 14.5. The van der Waals surface area contributed by atoms with E-state index in [4.69, 9.17) is 15.3 Å². The number of unbranched alkanes of at least 4 members (excludes halogenated alkanes) is 12. The summed E-state index contributed by atoms with van der Waals surface area (Å²) < 4.78 is 0. The lowest BCUT2D eigenvalue weighted by Crippen LogP contribution is -1.85. The highest BCUT2D eigenvalue weighted by atomic mass is 16.3. The molecule has 3 N–H and O–H groups in total. The zero-order valence-corrected chi connectivity index (χ0v) is 25.7. The van der Waals surface area contributed by atoms with Gasteiger partial charge < -0.3 is 15.3 Å². The van der Waals surface area contributed by atoms with Crippen LogP contribution in [0.2, 0.25) is 0 Å². The highest BCUT2D eigenvalue weighted by molar-refractivity contribution is 4.37. The first-order chi connectivity index (χ1) is 15.4. The average molecular weight is 481 g/mol. The molecule has 3 heteroatoms. The van der Waals surface area contributed by atoms with Crippen molar-refractivity contribution in [2.24, 2.45) is 0 Å². The molecular formula is C30H72O3. The van der Waals surface area contributed by atoms with Gasteiger partial charge in [0.2, 0.25) is 0 Å². The van der Waals surface area contributed by atoms with Gasteiger partial charge in [0, 0.05) is 18.3 Å². The van der Waals surface area contributed by atoms with E-state index >= 15 is 0 Å². The van der Waals surface area contributed by atoms with Crippen LogP contribution in [0.1, 0.15) is 179 Å². The molecule has 0 spiro atoms. The normalized spacial score (nSPS) is 9.27. The minimum Gasteiger partial charge on any atom is -0.394 e. The molecule has 0 unspecified atom stereocenters. The van der Waals surface area contributed by atoms with Crippen molar-refractivity contribution in [1.82, 2.24) is 0 Å². The molecule has 0 aromatic rings. The van der Waals surface area contributed by atoms with Gasteiger partial charge in [0.1, 0.15) is 0 Å². The maximum Gasteiger partial charge on any atom is 0.0483 e. The molecular weight excluding hydrogens is 408 g/mol. The maximum absolute atomic E-state index is 8.06. The lowest BCUT2D eigenvalue weighted by atomic mass is 10.2. The summed E-state index contributed by atoms with van der Waals surface area (Å²) in [5.41, 5.74) is 0. The van der Waals surface area contributed by atoms with Crippen LogP contribution in [0.5, 0.6) is 0 Å². The molecule has 0 rings (SSSR count). The van der Waals surface area contributed by atoms with Crippen molar-refractivity contribution < 1.29 is 15.3 Å². The Balaban J connectivity index is -0.0000000677. The molecule has 0 amide bonds. The fraction of sp³-hybridized carbons (Fsp3) is 1.00. The Labute approximate surface area is 213 Å². The van der Waals surface area contributed by atoms with Gasteiger partial charge in [-0.3, -0.25) is 0 Å². The van der Waals surface area contributed by atoms with Crippen molar-refractivity contribution in [1.29, 1.82) is 0 Å². The summed E-state index contributed by atoms with van der Waals surface area (Å²) in [7, 11) is 0.